The molecule has 7 heteroatoms. The molecule has 1 aromatic rings. The lowest BCUT2D eigenvalue weighted by molar-refractivity contribution is -0.119. The number of aromatic nitrogens is 2. The lowest BCUT2D eigenvalue weighted by Crippen LogP contribution is -2.41. The molecule has 1 amide bonds. The highest BCUT2D eigenvalue weighted by Gasteiger charge is 2.31. The molecule has 1 aromatic heterocycles. The van der Waals surface area contributed by atoms with Crippen LogP contribution in [-0.2, 0) is 11.2 Å². The van der Waals surface area contributed by atoms with Crippen molar-refractivity contribution in [3.05, 3.63) is 11.9 Å². The number of carbonyl (C=O) groups excluding carboxylic acids is 1. The zero-order valence-corrected chi connectivity index (χ0v) is 10.4. The molecule has 7 nitrogen and oxygen atoms in total. The summed E-state index contributed by atoms with van der Waals surface area (Å²) in [5.74, 6) is 6.47. The normalized spacial score (nSPS) is 19.0. The maximum Gasteiger partial charge on any atom is 0.240 e. The van der Waals surface area contributed by atoms with E-state index in [1.54, 1.807) is 0 Å². The molecular weight excluding hydrogens is 232 g/mol. The Morgan fingerprint density at radius 2 is 2.39 bits per heavy atom. The Morgan fingerprint density at radius 3 is 3.00 bits per heavy atom. The van der Waals surface area contributed by atoms with Crippen LogP contribution in [0.5, 0.6) is 0 Å². The first kappa shape index (κ1) is 12.6. The van der Waals surface area contributed by atoms with Gasteiger partial charge in [-0.1, -0.05) is 6.92 Å². The number of hydrazine groups is 1. The summed E-state index contributed by atoms with van der Waals surface area (Å²) < 4.78 is 0. The van der Waals surface area contributed by atoms with Crippen LogP contribution in [0.4, 0.5) is 11.6 Å². The molecule has 0 bridgehead atoms. The Morgan fingerprint density at radius 1 is 1.61 bits per heavy atom. The summed E-state index contributed by atoms with van der Waals surface area (Å²) >= 11 is 0. The monoisotopic (exact) mass is 250 g/mol. The SMILES string of the molecule is CCc1c(NN)ncnc1N1CCCC1C(N)=O. The molecule has 18 heavy (non-hydrogen) atoms. The number of primary amides is 1. The van der Waals surface area contributed by atoms with Gasteiger partial charge in [0.25, 0.3) is 0 Å². The number of rotatable bonds is 4. The van der Waals surface area contributed by atoms with Crippen molar-refractivity contribution in [3.8, 4) is 0 Å². The van der Waals surface area contributed by atoms with Gasteiger partial charge in [-0.2, -0.15) is 0 Å². The molecule has 0 spiro atoms. The van der Waals surface area contributed by atoms with E-state index < -0.39 is 0 Å². The van der Waals surface area contributed by atoms with E-state index in [2.05, 4.69) is 15.4 Å². The van der Waals surface area contributed by atoms with Crippen LogP contribution in [0.25, 0.3) is 0 Å². The number of nitrogens with two attached hydrogens (primary N) is 2. The Bertz CT molecular complexity index is 449. The minimum atomic E-state index is -0.310. The first-order valence-electron chi connectivity index (χ1n) is 6.05. The van der Waals surface area contributed by atoms with E-state index >= 15 is 0 Å². The van der Waals surface area contributed by atoms with Gasteiger partial charge < -0.3 is 16.1 Å². The second-order valence-electron chi connectivity index (χ2n) is 4.28. The molecule has 1 saturated heterocycles. The molecule has 1 fully saturated rings. The molecule has 0 aromatic carbocycles. The van der Waals surface area contributed by atoms with Gasteiger partial charge in [0.1, 0.15) is 24.0 Å². The quantitative estimate of drug-likeness (QED) is 0.503. The summed E-state index contributed by atoms with van der Waals surface area (Å²) in [6.07, 6.45) is 3.89. The van der Waals surface area contributed by atoms with Crippen molar-refractivity contribution >= 4 is 17.5 Å². The minimum absolute atomic E-state index is 0.282. The summed E-state index contributed by atoms with van der Waals surface area (Å²) in [6, 6.07) is -0.282. The van der Waals surface area contributed by atoms with E-state index in [1.165, 1.54) is 6.33 Å². The Balaban J connectivity index is 2.41. The van der Waals surface area contributed by atoms with Crippen LogP contribution >= 0.6 is 0 Å². The Labute approximate surface area is 106 Å². The van der Waals surface area contributed by atoms with Gasteiger partial charge in [-0.25, -0.2) is 15.8 Å². The predicted molar refractivity (Wildman–Crippen MR) is 68.8 cm³/mol. The first-order valence-corrected chi connectivity index (χ1v) is 6.05. The third-order valence-corrected chi connectivity index (χ3v) is 3.27. The highest BCUT2D eigenvalue weighted by Crippen LogP contribution is 2.29. The lowest BCUT2D eigenvalue weighted by Gasteiger charge is -2.25. The topological polar surface area (TPSA) is 110 Å². The fraction of sp³-hybridized carbons (Fsp3) is 0.545. The zero-order chi connectivity index (χ0) is 13.1. The number of anilines is 2. The van der Waals surface area contributed by atoms with Crippen molar-refractivity contribution < 1.29 is 4.79 Å². The number of nitrogens with zero attached hydrogens (tertiary/aromatic N) is 3. The van der Waals surface area contributed by atoms with Gasteiger partial charge in [-0.15, -0.1) is 0 Å². The van der Waals surface area contributed by atoms with Crippen molar-refractivity contribution in [2.24, 2.45) is 11.6 Å². The summed E-state index contributed by atoms with van der Waals surface area (Å²) in [5.41, 5.74) is 8.89. The maximum absolute atomic E-state index is 11.4. The molecule has 98 valence electrons. The smallest absolute Gasteiger partial charge is 0.240 e. The van der Waals surface area contributed by atoms with Crippen molar-refractivity contribution in [2.75, 3.05) is 16.9 Å². The van der Waals surface area contributed by atoms with E-state index in [1.807, 2.05) is 11.8 Å². The molecule has 2 heterocycles. The maximum atomic E-state index is 11.4. The van der Waals surface area contributed by atoms with Crippen LogP contribution in [0.2, 0.25) is 0 Å². The largest absolute Gasteiger partial charge is 0.368 e. The average molecular weight is 250 g/mol. The van der Waals surface area contributed by atoms with Crippen LogP contribution in [0.15, 0.2) is 6.33 Å². The number of hydrogen-bond donors (Lipinski definition) is 3. The molecule has 1 aliphatic heterocycles. The van der Waals surface area contributed by atoms with Crippen LogP contribution in [-0.4, -0.2) is 28.5 Å². The molecule has 0 saturated carbocycles. The summed E-state index contributed by atoms with van der Waals surface area (Å²) in [5, 5.41) is 0. The van der Waals surface area contributed by atoms with Gasteiger partial charge in [-0.3, -0.25) is 4.79 Å². The van der Waals surface area contributed by atoms with Crippen LogP contribution in [0.3, 0.4) is 0 Å². The Kier molecular flexibility index (Phi) is 3.61. The molecule has 0 radical (unpaired) electrons. The van der Waals surface area contributed by atoms with Gasteiger partial charge in [0.15, 0.2) is 0 Å². The summed E-state index contributed by atoms with van der Waals surface area (Å²) in [6.45, 7) is 2.78. The van der Waals surface area contributed by atoms with E-state index in [9.17, 15) is 4.79 Å². The Hall–Kier alpha value is -1.89. The molecule has 1 aliphatic rings. The van der Waals surface area contributed by atoms with Crippen molar-refractivity contribution in [3.63, 3.8) is 0 Å². The third kappa shape index (κ3) is 2.08. The molecule has 0 aliphatic carbocycles. The molecule has 1 atom stereocenters. The number of nitrogen functional groups attached to an aromatic ring is 1. The summed E-state index contributed by atoms with van der Waals surface area (Å²) in [4.78, 5) is 21.7. The van der Waals surface area contributed by atoms with Gasteiger partial charge in [0.05, 0.1) is 0 Å². The second kappa shape index (κ2) is 5.18. The lowest BCUT2D eigenvalue weighted by atomic mass is 10.1. The van der Waals surface area contributed by atoms with E-state index in [0.29, 0.717) is 5.82 Å². The zero-order valence-electron chi connectivity index (χ0n) is 10.4. The van der Waals surface area contributed by atoms with Gasteiger partial charge >= 0.3 is 0 Å². The predicted octanol–water partition coefficient (Wildman–Crippen LogP) is -0.221. The number of nitrogens with one attached hydrogen (secondary N) is 1. The van der Waals surface area contributed by atoms with Gasteiger partial charge in [0.2, 0.25) is 5.91 Å². The van der Waals surface area contributed by atoms with Crippen LogP contribution in [0, 0.1) is 0 Å². The van der Waals surface area contributed by atoms with Gasteiger partial charge in [-0.05, 0) is 19.3 Å². The average Bonchev–Trinajstić information content (AvgIpc) is 2.86. The molecular formula is C11H18N6O. The number of amides is 1. The first-order chi connectivity index (χ1) is 8.69. The number of hydrogen-bond acceptors (Lipinski definition) is 6. The van der Waals surface area contributed by atoms with Crippen molar-refractivity contribution in [1.29, 1.82) is 0 Å². The van der Waals surface area contributed by atoms with E-state index in [4.69, 9.17) is 11.6 Å². The van der Waals surface area contributed by atoms with Crippen molar-refractivity contribution in [1.82, 2.24) is 9.97 Å². The fourth-order valence-electron chi connectivity index (χ4n) is 2.42. The highest BCUT2D eigenvalue weighted by atomic mass is 16.1. The molecule has 2 rings (SSSR count). The van der Waals surface area contributed by atoms with E-state index in [-0.39, 0.29) is 11.9 Å². The highest BCUT2D eigenvalue weighted by molar-refractivity contribution is 5.84. The van der Waals surface area contributed by atoms with Crippen molar-refractivity contribution in [2.45, 2.75) is 32.2 Å². The third-order valence-electron chi connectivity index (χ3n) is 3.27. The van der Waals surface area contributed by atoms with Crippen LogP contribution in [0.1, 0.15) is 25.3 Å². The minimum Gasteiger partial charge on any atom is -0.368 e. The number of carbonyl (C=O) groups is 1. The molecule has 5 N–H and O–H groups in total. The summed E-state index contributed by atoms with van der Waals surface area (Å²) in [7, 11) is 0. The van der Waals surface area contributed by atoms with Gasteiger partial charge in [0, 0.05) is 12.1 Å². The standard InChI is InChI=1S/C11H18N6O/c1-2-7-10(16-13)14-6-15-11(7)17-5-3-4-8(17)9(12)18/h6,8H,2-5,13H2,1H3,(H2,12,18)(H,14,15,16). The fourth-order valence-corrected chi connectivity index (χ4v) is 2.42. The van der Waals surface area contributed by atoms with Crippen LogP contribution < -0.4 is 21.9 Å². The van der Waals surface area contributed by atoms with E-state index in [0.717, 1.165) is 37.2 Å². The molecule has 1 unspecified atom stereocenters. The second-order valence-corrected chi connectivity index (χ2v) is 4.28.